The van der Waals surface area contributed by atoms with E-state index < -0.39 is 0 Å². The molecule has 14 heavy (non-hydrogen) atoms. The van der Waals surface area contributed by atoms with Crippen LogP contribution in [0.4, 0.5) is 5.69 Å². The minimum absolute atomic E-state index is 0.601. The first-order valence-electron chi connectivity index (χ1n) is 4.16. The zero-order valence-electron chi connectivity index (χ0n) is 7.66. The first-order chi connectivity index (χ1) is 6.77. The molecule has 0 aliphatic heterocycles. The number of hydrogen-bond acceptors (Lipinski definition) is 3. The van der Waals surface area contributed by atoms with Gasteiger partial charge in [0.15, 0.2) is 0 Å². The van der Waals surface area contributed by atoms with Crippen LogP contribution in [0.1, 0.15) is 5.69 Å². The molecule has 2 heterocycles. The van der Waals surface area contributed by atoms with Gasteiger partial charge in [-0.15, -0.1) is 0 Å². The second kappa shape index (κ2) is 3.71. The van der Waals surface area contributed by atoms with Gasteiger partial charge in [0, 0.05) is 13.2 Å². The van der Waals surface area contributed by atoms with Gasteiger partial charge in [-0.05, 0) is 0 Å². The Bertz CT molecular complexity index is 405. The van der Waals surface area contributed by atoms with Crippen LogP contribution in [0, 0.1) is 0 Å². The van der Waals surface area contributed by atoms with Gasteiger partial charge in [-0.25, -0.2) is 4.98 Å². The molecule has 0 spiro atoms. The zero-order chi connectivity index (χ0) is 9.97. The fourth-order valence-corrected chi connectivity index (χ4v) is 1.27. The van der Waals surface area contributed by atoms with E-state index in [1.807, 2.05) is 0 Å². The molecule has 2 N–H and O–H groups in total. The standard InChI is InChI=1S/C8H10ClN5/c1-14-8(9)7(4-13-14)11-3-6-2-10-5-12-6/h2,4-5,11H,3H2,1H3,(H,10,12). The summed E-state index contributed by atoms with van der Waals surface area (Å²) < 4.78 is 1.61. The molecular formula is C8H10ClN5. The van der Waals surface area contributed by atoms with E-state index in [0.717, 1.165) is 11.4 Å². The van der Waals surface area contributed by atoms with E-state index in [1.54, 1.807) is 30.5 Å². The SMILES string of the molecule is Cn1ncc(NCc2cnc[nH]2)c1Cl. The molecule has 0 unspecified atom stereocenters. The number of aryl methyl sites for hydroxylation is 1. The highest BCUT2D eigenvalue weighted by molar-refractivity contribution is 6.32. The van der Waals surface area contributed by atoms with Crippen molar-refractivity contribution in [3.8, 4) is 0 Å². The van der Waals surface area contributed by atoms with Crippen molar-refractivity contribution >= 4 is 17.3 Å². The zero-order valence-corrected chi connectivity index (χ0v) is 8.41. The average Bonchev–Trinajstić information content (AvgIpc) is 2.77. The molecule has 0 fully saturated rings. The van der Waals surface area contributed by atoms with Crippen molar-refractivity contribution in [3.05, 3.63) is 29.6 Å². The fraction of sp³-hybridized carbons (Fsp3) is 0.250. The Hall–Kier alpha value is -1.49. The predicted octanol–water partition coefficient (Wildman–Crippen LogP) is 1.41. The number of H-pyrrole nitrogens is 1. The van der Waals surface area contributed by atoms with Crippen molar-refractivity contribution in [3.63, 3.8) is 0 Å². The number of hydrogen-bond donors (Lipinski definition) is 2. The topological polar surface area (TPSA) is 58.5 Å². The van der Waals surface area contributed by atoms with Gasteiger partial charge in [-0.2, -0.15) is 5.10 Å². The van der Waals surface area contributed by atoms with Crippen LogP contribution in [0.5, 0.6) is 0 Å². The lowest BCUT2D eigenvalue weighted by Gasteiger charge is -2.01. The molecule has 0 amide bonds. The first-order valence-corrected chi connectivity index (χ1v) is 4.54. The highest BCUT2D eigenvalue weighted by Crippen LogP contribution is 2.19. The van der Waals surface area contributed by atoms with Crippen LogP contribution in [0.3, 0.4) is 0 Å². The van der Waals surface area contributed by atoms with E-state index in [1.165, 1.54) is 0 Å². The third-order valence-electron chi connectivity index (χ3n) is 1.89. The van der Waals surface area contributed by atoms with Crippen LogP contribution >= 0.6 is 11.6 Å². The van der Waals surface area contributed by atoms with E-state index in [-0.39, 0.29) is 0 Å². The van der Waals surface area contributed by atoms with E-state index in [2.05, 4.69) is 20.4 Å². The van der Waals surface area contributed by atoms with Crippen molar-refractivity contribution in [2.75, 3.05) is 5.32 Å². The summed E-state index contributed by atoms with van der Waals surface area (Å²) in [5.74, 6) is 0. The molecule has 0 saturated carbocycles. The molecule has 5 nitrogen and oxygen atoms in total. The Labute approximate surface area is 86.1 Å². The summed E-state index contributed by atoms with van der Waals surface area (Å²) in [6, 6.07) is 0. The lowest BCUT2D eigenvalue weighted by Crippen LogP contribution is -1.99. The van der Waals surface area contributed by atoms with Gasteiger partial charge in [-0.3, -0.25) is 4.68 Å². The van der Waals surface area contributed by atoms with Gasteiger partial charge in [0.1, 0.15) is 5.15 Å². The fourth-order valence-electron chi connectivity index (χ4n) is 1.11. The van der Waals surface area contributed by atoms with Crippen LogP contribution in [-0.2, 0) is 13.6 Å². The van der Waals surface area contributed by atoms with Crippen LogP contribution in [0.25, 0.3) is 0 Å². The maximum absolute atomic E-state index is 5.96. The molecule has 0 saturated heterocycles. The van der Waals surface area contributed by atoms with Gasteiger partial charge in [0.25, 0.3) is 0 Å². The van der Waals surface area contributed by atoms with Gasteiger partial charge in [0.05, 0.1) is 30.5 Å². The Morgan fingerprint density at radius 3 is 3.00 bits per heavy atom. The minimum Gasteiger partial charge on any atom is -0.376 e. The Balaban J connectivity index is 2.02. The molecule has 6 heteroatoms. The summed E-state index contributed by atoms with van der Waals surface area (Å²) in [7, 11) is 1.80. The highest BCUT2D eigenvalue weighted by atomic mass is 35.5. The van der Waals surface area contributed by atoms with Crippen LogP contribution in [0.2, 0.25) is 5.15 Å². The van der Waals surface area contributed by atoms with Crippen LogP contribution in [-0.4, -0.2) is 19.7 Å². The maximum Gasteiger partial charge on any atom is 0.149 e. The number of nitrogens with one attached hydrogen (secondary N) is 2. The van der Waals surface area contributed by atoms with Crippen molar-refractivity contribution in [1.29, 1.82) is 0 Å². The summed E-state index contributed by atoms with van der Waals surface area (Å²) in [4.78, 5) is 6.90. The van der Waals surface area contributed by atoms with E-state index in [4.69, 9.17) is 11.6 Å². The van der Waals surface area contributed by atoms with Crippen molar-refractivity contribution in [1.82, 2.24) is 19.7 Å². The van der Waals surface area contributed by atoms with Gasteiger partial charge in [-0.1, -0.05) is 11.6 Å². The molecule has 0 aliphatic carbocycles. The first kappa shape index (κ1) is 9.08. The van der Waals surface area contributed by atoms with E-state index in [9.17, 15) is 0 Å². The third-order valence-corrected chi connectivity index (χ3v) is 2.34. The second-order valence-electron chi connectivity index (χ2n) is 2.90. The second-order valence-corrected chi connectivity index (χ2v) is 3.26. The monoisotopic (exact) mass is 211 g/mol. The lowest BCUT2D eigenvalue weighted by atomic mass is 10.4. The molecule has 0 aliphatic rings. The molecule has 2 aromatic heterocycles. The lowest BCUT2D eigenvalue weighted by molar-refractivity contribution is 0.768. The number of nitrogens with zero attached hydrogens (tertiary/aromatic N) is 3. The molecule has 0 aromatic carbocycles. The molecule has 74 valence electrons. The maximum atomic E-state index is 5.96. The van der Waals surface area contributed by atoms with Crippen molar-refractivity contribution in [2.24, 2.45) is 7.05 Å². The summed E-state index contributed by atoms with van der Waals surface area (Å²) in [6.07, 6.45) is 5.10. The largest absolute Gasteiger partial charge is 0.376 e. The van der Waals surface area contributed by atoms with Gasteiger partial charge in [0.2, 0.25) is 0 Å². The summed E-state index contributed by atoms with van der Waals surface area (Å²) in [6.45, 7) is 0.658. The molecule has 2 rings (SSSR count). The average molecular weight is 212 g/mol. The summed E-state index contributed by atoms with van der Waals surface area (Å²) in [5, 5.41) is 7.76. The predicted molar refractivity (Wildman–Crippen MR) is 54.1 cm³/mol. The van der Waals surface area contributed by atoms with Crippen LogP contribution in [0.15, 0.2) is 18.7 Å². The van der Waals surface area contributed by atoms with Crippen LogP contribution < -0.4 is 5.32 Å². The highest BCUT2D eigenvalue weighted by Gasteiger charge is 2.04. The number of aromatic amines is 1. The molecule has 0 radical (unpaired) electrons. The Morgan fingerprint density at radius 2 is 2.43 bits per heavy atom. The number of imidazole rings is 1. The summed E-state index contributed by atoms with van der Waals surface area (Å²) >= 11 is 5.96. The normalized spacial score (nSPS) is 10.4. The molecule has 0 bridgehead atoms. The van der Waals surface area contributed by atoms with Gasteiger partial charge < -0.3 is 10.3 Å². The van der Waals surface area contributed by atoms with E-state index in [0.29, 0.717) is 11.7 Å². The molecule has 0 atom stereocenters. The Kier molecular flexibility index (Phi) is 2.41. The summed E-state index contributed by atoms with van der Waals surface area (Å²) in [5.41, 5.74) is 1.83. The number of halogens is 1. The number of aromatic nitrogens is 4. The van der Waals surface area contributed by atoms with Gasteiger partial charge >= 0.3 is 0 Å². The third kappa shape index (κ3) is 1.72. The number of anilines is 1. The quantitative estimate of drug-likeness (QED) is 0.807. The Morgan fingerprint density at radius 1 is 1.57 bits per heavy atom. The number of rotatable bonds is 3. The van der Waals surface area contributed by atoms with Crippen molar-refractivity contribution in [2.45, 2.75) is 6.54 Å². The molecular weight excluding hydrogens is 202 g/mol. The van der Waals surface area contributed by atoms with Crippen molar-refractivity contribution < 1.29 is 0 Å². The molecule has 2 aromatic rings. The minimum atomic E-state index is 0.601. The van der Waals surface area contributed by atoms with E-state index >= 15 is 0 Å². The smallest absolute Gasteiger partial charge is 0.149 e.